The molecule has 2 aromatic rings. The number of halogens is 1. The van der Waals surface area contributed by atoms with Crippen molar-refractivity contribution in [3.05, 3.63) is 53.8 Å². The van der Waals surface area contributed by atoms with Crippen molar-refractivity contribution in [1.82, 2.24) is 4.90 Å². The maximum Gasteiger partial charge on any atom is 0.257 e. The Hall–Kier alpha value is -3.46. The molecule has 0 spiro atoms. The second kappa shape index (κ2) is 10.4. The summed E-state index contributed by atoms with van der Waals surface area (Å²) in [4.78, 5) is 39.5. The number of hydrogen-bond acceptors (Lipinski definition) is 5. The highest BCUT2D eigenvalue weighted by molar-refractivity contribution is 6.00. The van der Waals surface area contributed by atoms with Crippen LogP contribution in [0.2, 0.25) is 0 Å². The first-order valence-electron chi connectivity index (χ1n) is 11.8. The van der Waals surface area contributed by atoms with Crippen molar-refractivity contribution >= 4 is 29.1 Å². The third kappa shape index (κ3) is 5.79. The average molecular weight is 484 g/mol. The van der Waals surface area contributed by atoms with Gasteiger partial charge in [0.2, 0.25) is 11.8 Å². The average Bonchev–Trinajstić information content (AvgIpc) is 2.81. The Labute approximate surface area is 203 Å². The largest absolute Gasteiger partial charge is 0.490 e. The fourth-order valence-electron chi connectivity index (χ4n) is 4.38. The van der Waals surface area contributed by atoms with Crippen LogP contribution in [0.25, 0.3) is 0 Å². The van der Waals surface area contributed by atoms with Gasteiger partial charge in [-0.1, -0.05) is 19.9 Å². The van der Waals surface area contributed by atoms with Gasteiger partial charge in [0.1, 0.15) is 24.3 Å². The molecule has 0 unspecified atom stereocenters. The minimum atomic E-state index is -0.423. The lowest BCUT2D eigenvalue weighted by molar-refractivity contribution is -0.130. The lowest BCUT2D eigenvalue weighted by atomic mass is 9.94. The number of hydrogen-bond donors (Lipinski definition) is 2. The molecule has 9 heteroatoms. The number of amides is 3. The summed E-state index contributed by atoms with van der Waals surface area (Å²) in [6.07, 6.45) is 0.606. The summed E-state index contributed by atoms with van der Waals surface area (Å²) in [6.45, 7) is 3.81. The molecule has 1 saturated heterocycles. The molecule has 1 fully saturated rings. The van der Waals surface area contributed by atoms with Gasteiger partial charge < -0.3 is 25.0 Å². The van der Waals surface area contributed by atoms with E-state index < -0.39 is 11.9 Å². The second-order valence-corrected chi connectivity index (χ2v) is 9.29. The Kier molecular flexibility index (Phi) is 7.35. The summed E-state index contributed by atoms with van der Waals surface area (Å²) in [5.41, 5.74) is 1.31. The zero-order valence-corrected chi connectivity index (χ0v) is 20.0. The fraction of sp³-hybridized carbons (Fsp3) is 0.423. The van der Waals surface area contributed by atoms with E-state index in [1.165, 1.54) is 18.2 Å². The number of anilines is 2. The summed E-state index contributed by atoms with van der Waals surface area (Å²) in [5.74, 6) is -0.815. The van der Waals surface area contributed by atoms with Crippen LogP contribution >= 0.6 is 0 Å². The van der Waals surface area contributed by atoms with Crippen molar-refractivity contribution in [1.29, 1.82) is 0 Å². The zero-order chi connectivity index (χ0) is 25.1. The predicted octanol–water partition coefficient (Wildman–Crippen LogP) is 3.83. The number of ether oxygens (including phenoxy) is 2. The molecule has 0 aliphatic carbocycles. The number of nitrogens with one attached hydrogen (secondary N) is 2. The molecule has 2 aliphatic heterocycles. The molecule has 0 bridgehead atoms. The van der Waals surface area contributed by atoms with Gasteiger partial charge in [0.15, 0.2) is 0 Å². The van der Waals surface area contributed by atoms with E-state index in [1.807, 2.05) is 0 Å². The van der Waals surface area contributed by atoms with Crippen LogP contribution in [0.1, 0.15) is 43.5 Å². The molecular weight excluding hydrogens is 453 g/mol. The lowest BCUT2D eigenvalue weighted by Gasteiger charge is -2.42. The lowest BCUT2D eigenvalue weighted by Crippen LogP contribution is -2.53. The van der Waals surface area contributed by atoms with Crippen molar-refractivity contribution in [2.75, 3.05) is 24.3 Å². The molecule has 2 aliphatic rings. The zero-order valence-electron chi connectivity index (χ0n) is 20.0. The van der Waals surface area contributed by atoms with E-state index in [0.717, 1.165) is 0 Å². The Bertz CT molecular complexity index is 1120. The first-order chi connectivity index (χ1) is 16.7. The third-order valence-electron chi connectivity index (χ3n) is 6.33. The number of carbonyl (C=O) groups is 3. The normalized spacial score (nSPS) is 21.8. The van der Waals surface area contributed by atoms with Crippen LogP contribution in [0.5, 0.6) is 5.75 Å². The molecule has 2 aromatic carbocycles. The van der Waals surface area contributed by atoms with Crippen molar-refractivity contribution in [3.8, 4) is 5.75 Å². The summed E-state index contributed by atoms with van der Waals surface area (Å²) in [5, 5.41) is 5.51. The number of fused-ring (bicyclic) bond motifs is 2. The molecule has 4 rings (SSSR count). The first kappa shape index (κ1) is 24.7. The molecule has 186 valence electrons. The highest BCUT2D eigenvalue weighted by atomic mass is 19.1. The van der Waals surface area contributed by atoms with Crippen molar-refractivity contribution in [3.63, 3.8) is 0 Å². The molecule has 2 heterocycles. The quantitative estimate of drug-likeness (QED) is 0.674. The molecule has 2 N–H and O–H groups in total. The monoisotopic (exact) mass is 483 g/mol. The van der Waals surface area contributed by atoms with Gasteiger partial charge in [0.05, 0.1) is 24.1 Å². The first-order valence-corrected chi connectivity index (χ1v) is 11.8. The van der Waals surface area contributed by atoms with Crippen LogP contribution in [0.4, 0.5) is 15.8 Å². The minimum Gasteiger partial charge on any atom is -0.490 e. The standard InChI is InChI=1S/C26H30FN3O5/c1-15(2)25(32)29-18-7-10-22-20(12-18)26(33)30(3)21-9-8-19(35-23(21)14-34-22)13-24(31)28-17-6-4-5-16(27)11-17/h4-7,10-12,15,19,21,23H,8-9,13-14H2,1-3H3,(H,28,31)(H,29,32)/t19-,21+,23-/m1/s1. The molecule has 3 atom stereocenters. The van der Waals surface area contributed by atoms with Gasteiger partial charge in [-0.3, -0.25) is 14.4 Å². The van der Waals surface area contributed by atoms with Crippen molar-refractivity contribution in [2.45, 2.75) is 51.4 Å². The molecule has 0 aromatic heterocycles. The molecule has 0 radical (unpaired) electrons. The van der Waals surface area contributed by atoms with Gasteiger partial charge in [0.25, 0.3) is 5.91 Å². The number of likely N-dealkylation sites (N-methyl/N-ethyl adjacent to an activating group) is 1. The van der Waals surface area contributed by atoms with Gasteiger partial charge in [-0.05, 0) is 49.2 Å². The van der Waals surface area contributed by atoms with Crippen LogP contribution < -0.4 is 15.4 Å². The molecule has 35 heavy (non-hydrogen) atoms. The van der Waals surface area contributed by atoms with Crippen LogP contribution in [-0.2, 0) is 14.3 Å². The molecule has 0 saturated carbocycles. The maximum absolute atomic E-state index is 13.4. The van der Waals surface area contributed by atoms with Gasteiger partial charge in [0, 0.05) is 24.3 Å². The SMILES string of the molecule is CC(C)C(=O)Nc1ccc2c(c1)C(=O)N(C)[C@H]1CC[C@H](CC(=O)Nc3cccc(F)c3)O[C@@H]1CO2. The van der Waals surface area contributed by atoms with E-state index in [-0.39, 0.29) is 48.8 Å². The molecular formula is C26H30FN3O5. The molecule has 8 nitrogen and oxygen atoms in total. The third-order valence-corrected chi connectivity index (χ3v) is 6.33. The van der Waals surface area contributed by atoms with E-state index in [2.05, 4.69) is 10.6 Å². The molecule has 3 amide bonds. The Balaban J connectivity index is 1.43. The van der Waals surface area contributed by atoms with Crippen LogP contribution in [0.3, 0.4) is 0 Å². The number of rotatable bonds is 5. The number of benzene rings is 2. The Morgan fingerprint density at radius 3 is 2.63 bits per heavy atom. The van der Waals surface area contributed by atoms with E-state index in [4.69, 9.17) is 9.47 Å². The maximum atomic E-state index is 13.4. The summed E-state index contributed by atoms with van der Waals surface area (Å²) in [6, 6.07) is 10.5. The topological polar surface area (TPSA) is 97.0 Å². The number of nitrogens with zero attached hydrogens (tertiary/aromatic N) is 1. The van der Waals surface area contributed by atoms with Crippen LogP contribution in [-0.4, -0.2) is 54.5 Å². The predicted molar refractivity (Wildman–Crippen MR) is 129 cm³/mol. The smallest absolute Gasteiger partial charge is 0.257 e. The second-order valence-electron chi connectivity index (χ2n) is 9.29. The van der Waals surface area contributed by atoms with Gasteiger partial charge >= 0.3 is 0 Å². The highest BCUT2D eigenvalue weighted by Crippen LogP contribution is 2.32. The Morgan fingerprint density at radius 1 is 1.11 bits per heavy atom. The van der Waals surface area contributed by atoms with Crippen molar-refractivity contribution in [2.24, 2.45) is 5.92 Å². The van der Waals surface area contributed by atoms with Gasteiger partial charge in [-0.2, -0.15) is 0 Å². The van der Waals surface area contributed by atoms with Crippen LogP contribution in [0.15, 0.2) is 42.5 Å². The van der Waals surface area contributed by atoms with E-state index in [9.17, 15) is 18.8 Å². The minimum absolute atomic E-state index is 0.118. The van der Waals surface area contributed by atoms with Crippen molar-refractivity contribution < 1.29 is 28.2 Å². The summed E-state index contributed by atoms with van der Waals surface area (Å²) < 4.78 is 25.5. The fourth-order valence-corrected chi connectivity index (χ4v) is 4.38. The van der Waals surface area contributed by atoms with Gasteiger partial charge in [-0.25, -0.2) is 4.39 Å². The summed E-state index contributed by atoms with van der Waals surface area (Å²) >= 11 is 0. The van der Waals surface area contributed by atoms with E-state index in [1.54, 1.807) is 50.1 Å². The number of carbonyl (C=O) groups excluding carboxylic acids is 3. The van der Waals surface area contributed by atoms with E-state index >= 15 is 0 Å². The van der Waals surface area contributed by atoms with E-state index in [0.29, 0.717) is 35.5 Å². The Morgan fingerprint density at radius 2 is 1.89 bits per heavy atom. The summed E-state index contributed by atoms with van der Waals surface area (Å²) in [7, 11) is 1.73. The highest BCUT2D eigenvalue weighted by Gasteiger charge is 2.39. The van der Waals surface area contributed by atoms with Gasteiger partial charge in [-0.15, -0.1) is 0 Å². The van der Waals surface area contributed by atoms with Crippen LogP contribution in [0, 0.1) is 11.7 Å².